The summed E-state index contributed by atoms with van der Waals surface area (Å²) in [5.74, 6) is -0.486. The summed E-state index contributed by atoms with van der Waals surface area (Å²) in [6.07, 6.45) is 2.08. The highest BCUT2D eigenvalue weighted by Crippen LogP contribution is 2.40. The van der Waals surface area contributed by atoms with Crippen LogP contribution >= 0.6 is 0 Å². The molecule has 1 aromatic carbocycles. The predicted octanol–water partition coefficient (Wildman–Crippen LogP) is 2.00. The van der Waals surface area contributed by atoms with Crippen LogP contribution in [0, 0.1) is 5.92 Å². The lowest BCUT2D eigenvalue weighted by Gasteiger charge is -2.35. The predicted molar refractivity (Wildman–Crippen MR) is 134 cm³/mol. The highest BCUT2D eigenvalue weighted by molar-refractivity contribution is 7.89. The van der Waals surface area contributed by atoms with E-state index >= 15 is 0 Å². The molecule has 2 N–H and O–H groups in total. The second kappa shape index (κ2) is 10.8. The Morgan fingerprint density at radius 3 is 2.58 bits per heavy atom. The summed E-state index contributed by atoms with van der Waals surface area (Å²) in [6.45, 7) is 7.14. The van der Waals surface area contributed by atoms with Crippen molar-refractivity contribution >= 4 is 21.9 Å². The van der Waals surface area contributed by atoms with Gasteiger partial charge in [0.05, 0.1) is 24.2 Å². The fraction of sp³-hybridized carbons (Fsp3) is 0.600. The zero-order valence-electron chi connectivity index (χ0n) is 21.2. The van der Waals surface area contributed by atoms with Crippen LogP contribution in [0.2, 0.25) is 0 Å². The van der Waals surface area contributed by atoms with Crippen molar-refractivity contribution in [2.24, 2.45) is 5.92 Å². The Kier molecular flexibility index (Phi) is 7.91. The van der Waals surface area contributed by atoms with E-state index in [0.29, 0.717) is 49.7 Å². The molecule has 4 rings (SSSR count). The summed E-state index contributed by atoms with van der Waals surface area (Å²) in [4.78, 5) is 28.3. The van der Waals surface area contributed by atoms with E-state index in [4.69, 9.17) is 9.84 Å². The van der Waals surface area contributed by atoms with Crippen LogP contribution in [0.3, 0.4) is 0 Å². The van der Waals surface area contributed by atoms with Crippen molar-refractivity contribution in [3.05, 3.63) is 35.0 Å². The largest absolute Gasteiger partial charge is 0.494 e. The molecule has 1 atom stereocenters. The minimum atomic E-state index is -3.79. The van der Waals surface area contributed by atoms with Crippen LogP contribution in [0.15, 0.2) is 34.4 Å². The van der Waals surface area contributed by atoms with Gasteiger partial charge < -0.3 is 20.1 Å². The summed E-state index contributed by atoms with van der Waals surface area (Å²) in [5, 5.41) is 12.1. The smallest absolute Gasteiger partial charge is 0.303 e. The van der Waals surface area contributed by atoms with E-state index in [0.717, 1.165) is 18.5 Å². The number of nitrogens with one attached hydrogen (secondary N) is 1. The SMILES string of the molecule is CCCN1CC2=C(C(=O)NC2c2cc(S(=O)(=O)N3CCC(CC(=O)O)CC3)ccc2OCC)N(C)C1. The van der Waals surface area contributed by atoms with Gasteiger partial charge in [-0.1, -0.05) is 6.92 Å². The van der Waals surface area contributed by atoms with Crippen LogP contribution in [0.1, 0.15) is 51.1 Å². The van der Waals surface area contributed by atoms with Crippen LogP contribution in [0.5, 0.6) is 5.75 Å². The van der Waals surface area contributed by atoms with Crippen molar-refractivity contribution in [1.82, 2.24) is 19.4 Å². The molecule has 1 fully saturated rings. The number of piperidine rings is 1. The van der Waals surface area contributed by atoms with Gasteiger partial charge in [0.15, 0.2) is 0 Å². The number of carbonyl (C=O) groups is 2. The van der Waals surface area contributed by atoms with Gasteiger partial charge in [0.1, 0.15) is 11.4 Å². The molecule has 0 aliphatic carbocycles. The maximum absolute atomic E-state index is 13.5. The molecular formula is C25H36N4O6S. The minimum absolute atomic E-state index is 0.0155. The molecule has 10 nitrogen and oxygen atoms in total. The summed E-state index contributed by atoms with van der Waals surface area (Å²) in [6, 6.07) is 4.37. The van der Waals surface area contributed by atoms with Crippen molar-refractivity contribution < 1.29 is 27.9 Å². The molecule has 0 radical (unpaired) electrons. The maximum Gasteiger partial charge on any atom is 0.303 e. The molecule has 3 heterocycles. The Morgan fingerprint density at radius 2 is 1.94 bits per heavy atom. The number of hydrogen-bond donors (Lipinski definition) is 2. The summed E-state index contributed by atoms with van der Waals surface area (Å²) in [5.41, 5.74) is 2.19. The number of carbonyl (C=O) groups excluding carboxylic acids is 1. The summed E-state index contributed by atoms with van der Waals surface area (Å²) >= 11 is 0. The first-order valence-electron chi connectivity index (χ1n) is 12.6. The number of amides is 1. The van der Waals surface area contributed by atoms with Crippen molar-refractivity contribution in [3.63, 3.8) is 0 Å². The van der Waals surface area contributed by atoms with Gasteiger partial charge in [-0.2, -0.15) is 4.31 Å². The number of carboxylic acid groups (broad SMARTS) is 1. The Hall–Kier alpha value is -2.63. The third kappa shape index (κ3) is 5.23. The molecule has 1 unspecified atom stereocenters. The van der Waals surface area contributed by atoms with Crippen molar-refractivity contribution in [2.45, 2.75) is 50.5 Å². The van der Waals surface area contributed by atoms with Gasteiger partial charge in [-0.25, -0.2) is 8.42 Å². The molecular weight excluding hydrogens is 484 g/mol. The van der Waals surface area contributed by atoms with E-state index in [9.17, 15) is 18.0 Å². The van der Waals surface area contributed by atoms with Crippen molar-refractivity contribution in [1.29, 1.82) is 0 Å². The van der Waals surface area contributed by atoms with Gasteiger partial charge in [0.25, 0.3) is 5.91 Å². The lowest BCUT2D eigenvalue weighted by atomic mass is 9.95. The molecule has 0 bridgehead atoms. The summed E-state index contributed by atoms with van der Waals surface area (Å²) < 4.78 is 34.4. The van der Waals surface area contributed by atoms with Gasteiger partial charge >= 0.3 is 5.97 Å². The second-order valence-corrected chi connectivity index (χ2v) is 11.7. The van der Waals surface area contributed by atoms with E-state index < -0.39 is 22.0 Å². The van der Waals surface area contributed by atoms with Gasteiger partial charge in [0, 0.05) is 38.7 Å². The van der Waals surface area contributed by atoms with Crippen LogP contribution in [-0.2, 0) is 19.6 Å². The molecule has 1 saturated heterocycles. The first kappa shape index (κ1) is 26.4. The number of nitrogens with zero attached hydrogens (tertiary/aromatic N) is 3. The minimum Gasteiger partial charge on any atom is -0.494 e. The number of likely N-dealkylation sites (N-methyl/N-ethyl adjacent to an activating group) is 1. The molecule has 0 aromatic heterocycles. The first-order chi connectivity index (χ1) is 17.1. The average molecular weight is 521 g/mol. The Morgan fingerprint density at radius 1 is 1.22 bits per heavy atom. The lowest BCUT2D eigenvalue weighted by molar-refractivity contribution is -0.138. The average Bonchev–Trinajstić information content (AvgIpc) is 3.16. The van der Waals surface area contributed by atoms with E-state index in [-0.39, 0.29) is 36.2 Å². The second-order valence-electron chi connectivity index (χ2n) is 9.75. The van der Waals surface area contributed by atoms with E-state index in [2.05, 4.69) is 17.1 Å². The van der Waals surface area contributed by atoms with Crippen LogP contribution in [0.25, 0.3) is 0 Å². The number of sulfonamides is 1. The molecule has 0 spiro atoms. The van der Waals surface area contributed by atoms with E-state index in [1.807, 2.05) is 18.9 Å². The van der Waals surface area contributed by atoms with Crippen LogP contribution in [0.4, 0.5) is 0 Å². The highest BCUT2D eigenvalue weighted by Gasteiger charge is 2.40. The number of benzene rings is 1. The van der Waals surface area contributed by atoms with Gasteiger partial charge in [0.2, 0.25) is 10.0 Å². The fourth-order valence-electron chi connectivity index (χ4n) is 5.50. The zero-order chi connectivity index (χ0) is 26.0. The number of rotatable bonds is 9. The Labute approximate surface area is 212 Å². The molecule has 1 aromatic rings. The van der Waals surface area contributed by atoms with E-state index in [1.165, 1.54) is 4.31 Å². The van der Waals surface area contributed by atoms with Crippen molar-refractivity contribution in [2.75, 3.05) is 46.5 Å². The monoisotopic (exact) mass is 520 g/mol. The van der Waals surface area contributed by atoms with Gasteiger partial charge in [-0.3, -0.25) is 14.5 Å². The third-order valence-electron chi connectivity index (χ3n) is 7.14. The fourth-order valence-corrected chi connectivity index (χ4v) is 7.00. The number of aliphatic carboxylic acids is 1. The Bertz CT molecular complexity index is 1140. The topological polar surface area (TPSA) is 119 Å². The number of carboxylic acids is 1. The highest BCUT2D eigenvalue weighted by atomic mass is 32.2. The zero-order valence-corrected chi connectivity index (χ0v) is 22.0. The van der Waals surface area contributed by atoms with Crippen LogP contribution in [-0.4, -0.2) is 86.0 Å². The lowest BCUT2D eigenvalue weighted by Crippen LogP contribution is -2.43. The summed E-state index contributed by atoms with van der Waals surface area (Å²) in [7, 11) is -1.89. The van der Waals surface area contributed by atoms with Gasteiger partial charge in [-0.15, -0.1) is 0 Å². The van der Waals surface area contributed by atoms with E-state index in [1.54, 1.807) is 18.2 Å². The molecule has 198 valence electrons. The number of ether oxygens (including phenoxy) is 1. The third-order valence-corrected chi connectivity index (χ3v) is 9.03. The molecule has 0 saturated carbocycles. The molecule has 1 amide bonds. The van der Waals surface area contributed by atoms with Gasteiger partial charge in [-0.05, 0) is 62.4 Å². The molecule has 3 aliphatic rings. The standard InChI is InChI=1S/C25H36N4O6S/c1-4-10-28-15-20-23(26-25(32)24(20)27(3)16-28)19-14-18(6-7-21(19)35-5-2)36(33,34)29-11-8-17(9-12-29)13-22(30)31/h6-7,14,17,23H,4-5,8-13,15-16H2,1-3H3,(H,26,32)(H,30,31). The molecule has 11 heteroatoms. The maximum atomic E-state index is 13.5. The normalized spacial score (nSPS) is 22.0. The molecule has 3 aliphatic heterocycles. The number of hydrogen-bond acceptors (Lipinski definition) is 7. The molecule has 36 heavy (non-hydrogen) atoms. The quantitative estimate of drug-likeness (QED) is 0.508. The Balaban J connectivity index is 1.65. The first-order valence-corrected chi connectivity index (χ1v) is 14.1. The van der Waals surface area contributed by atoms with Crippen LogP contribution < -0.4 is 10.1 Å². The van der Waals surface area contributed by atoms with Crippen molar-refractivity contribution in [3.8, 4) is 5.75 Å².